The van der Waals surface area contributed by atoms with E-state index in [0.29, 0.717) is 16.1 Å². The van der Waals surface area contributed by atoms with Crippen molar-refractivity contribution in [3.8, 4) is 0 Å². The minimum atomic E-state index is -0.232. The van der Waals surface area contributed by atoms with Crippen LogP contribution in [-0.4, -0.2) is 35.1 Å². The van der Waals surface area contributed by atoms with Gasteiger partial charge < -0.3 is 15.2 Å². The maximum atomic E-state index is 13.8. The summed E-state index contributed by atoms with van der Waals surface area (Å²) in [6, 6.07) is 3.25. The zero-order chi connectivity index (χ0) is 15.1. The third kappa shape index (κ3) is 3.22. The van der Waals surface area contributed by atoms with E-state index in [0.717, 1.165) is 17.6 Å². The molecule has 0 unspecified atom stereocenters. The van der Waals surface area contributed by atoms with Gasteiger partial charge >= 0.3 is 0 Å². The highest BCUT2D eigenvalue weighted by Crippen LogP contribution is 2.27. The summed E-state index contributed by atoms with van der Waals surface area (Å²) in [5, 5.41) is 0. The molecule has 0 spiro atoms. The molecule has 0 bridgehead atoms. The van der Waals surface area contributed by atoms with E-state index < -0.39 is 0 Å². The molecule has 0 fully saturated rings. The predicted molar refractivity (Wildman–Crippen MR) is 89.2 cm³/mol. The summed E-state index contributed by atoms with van der Waals surface area (Å²) in [6.07, 6.45) is 0. The molecule has 0 aliphatic rings. The largest absolute Gasteiger partial charge is 0.369 e. The fraction of sp³-hybridized carbons (Fsp3) is 0.500. The number of rotatable bonds is 4. The number of fused-ring (bicyclic) bond motifs is 1. The second-order valence-electron chi connectivity index (χ2n) is 6.21. The molecule has 1 aromatic carbocycles. The highest BCUT2D eigenvalue weighted by molar-refractivity contribution is 14.1. The summed E-state index contributed by atoms with van der Waals surface area (Å²) < 4.78 is 16.2. The summed E-state index contributed by atoms with van der Waals surface area (Å²) >= 11 is 1.97. The van der Waals surface area contributed by atoms with Gasteiger partial charge in [0.1, 0.15) is 5.82 Å². The Morgan fingerprint density at radius 2 is 2.05 bits per heavy atom. The van der Waals surface area contributed by atoms with Crippen molar-refractivity contribution in [2.45, 2.75) is 20.4 Å². The SMILES string of the molecule is CN(C)CC(C)(C)Cn1c(N)nc2cc(I)c(F)cc21. The zero-order valence-corrected chi connectivity index (χ0v) is 14.4. The van der Waals surface area contributed by atoms with Gasteiger partial charge in [0.2, 0.25) is 5.95 Å². The maximum Gasteiger partial charge on any atom is 0.201 e. The van der Waals surface area contributed by atoms with Gasteiger partial charge in [0.25, 0.3) is 0 Å². The van der Waals surface area contributed by atoms with E-state index in [1.54, 1.807) is 6.07 Å². The first-order chi connectivity index (χ1) is 9.19. The monoisotopic (exact) mass is 390 g/mol. The first-order valence-electron chi connectivity index (χ1n) is 6.45. The average Bonchev–Trinajstić information content (AvgIpc) is 2.54. The highest BCUT2D eigenvalue weighted by Gasteiger charge is 2.22. The molecule has 2 rings (SSSR count). The molecule has 0 radical (unpaired) electrons. The Hall–Kier alpha value is -0.890. The summed E-state index contributed by atoms with van der Waals surface area (Å²) in [7, 11) is 4.08. The van der Waals surface area contributed by atoms with E-state index >= 15 is 0 Å². The minimum Gasteiger partial charge on any atom is -0.369 e. The lowest BCUT2D eigenvalue weighted by Gasteiger charge is -2.29. The van der Waals surface area contributed by atoms with Crippen LogP contribution < -0.4 is 5.73 Å². The molecule has 0 saturated carbocycles. The number of hydrogen-bond donors (Lipinski definition) is 1. The van der Waals surface area contributed by atoms with E-state index in [1.165, 1.54) is 6.07 Å². The number of anilines is 1. The number of nitrogens with zero attached hydrogens (tertiary/aromatic N) is 3. The summed E-state index contributed by atoms with van der Waals surface area (Å²) in [6.45, 7) is 5.95. The second-order valence-corrected chi connectivity index (χ2v) is 7.38. The van der Waals surface area contributed by atoms with Gasteiger partial charge in [0, 0.05) is 19.2 Å². The molecular formula is C14H20FIN4. The average molecular weight is 390 g/mol. The zero-order valence-electron chi connectivity index (χ0n) is 12.2. The van der Waals surface area contributed by atoms with E-state index in [-0.39, 0.29) is 11.2 Å². The van der Waals surface area contributed by atoms with Crippen LogP contribution in [0.15, 0.2) is 12.1 Å². The smallest absolute Gasteiger partial charge is 0.201 e. The van der Waals surface area contributed by atoms with Crippen molar-refractivity contribution in [3.05, 3.63) is 21.5 Å². The Bertz CT molecular complexity index is 634. The topological polar surface area (TPSA) is 47.1 Å². The standard InChI is InChI=1S/C14H20FIN4/c1-14(2,7-19(3)4)8-20-12-5-9(15)10(16)6-11(12)18-13(20)17/h5-6H,7-8H2,1-4H3,(H2,17,18). The molecular weight excluding hydrogens is 370 g/mol. The molecule has 0 aliphatic heterocycles. The highest BCUT2D eigenvalue weighted by atomic mass is 127. The van der Waals surface area contributed by atoms with Gasteiger partial charge in [-0.1, -0.05) is 13.8 Å². The molecule has 1 aromatic heterocycles. The lowest BCUT2D eigenvalue weighted by Crippen LogP contribution is -2.32. The number of hydrogen-bond acceptors (Lipinski definition) is 3. The molecule has 4 nitrogen and oxygen atoms in total. The molecule has 110 valence electrons. The quantitative estimate of drug-likeness (QED) is 0.817. The van der Waals surface area contributed by atoms with Crippen LogP contribution in [0.2, 0.25) is 0 Å². The molecule has 0 saturated heterocycles. The van der Waals surface area contributed by atoms with Gasteiger partial charge in [0.05, 0.1) is 14.6 Å². The minimum absolute atomic E-state index is 0.0186. The van der Waals surface area contributed by atoms with E-state index in [4.69, 9.17) is 5.73 Å². The van der Waals surface area contributed by atoms with E-state index in [2.05, 4.69) is 23.7 Å². The van der Waals surface area contributed by atoms with Crippen LogP contribution in [0.3, 0.4) is 0 Å². The summed E-state index contributed by atoms with van der Waals surface area (Å²) in [4.78, 5) is 6.47. The van der Waals surface area contributed by atoms with Gasteiger partial charge in [-0.2, -0.15) is 0 Å². The molecule has 0 atom stereocenters. The van der Waals surface area contributed by atoms with Crippen molar-refractivity contribution in [1.29, 1.82) is 0 Å². The van der Waals surface area contributed by atoms with Crippen molar-refractivity contribution < 1.29 is 4.39 Å². The molecule has 0 aliphatic carbocycles. The van der Waals surface area contributed by atoms with Crippen molar-refractivity contribution in [2.24, 2.45) is 5.41 Å². The fourth-order valence-corrected chi connectivity index (χ4v) is 3.09. The van der Waals surface area contributed by atoms with Crippen LogP contribution in [0.25, 0.3) is 11.0 Å². The number of aromatic nitrogens is 2. The van der Waals surface area contributed by atoms with Crippen LogP contribution in [-0.2, 0) is 6.54 Å². The predicted octanol–water partition coefficient (Wildman–Crippen LogP) is 2.95. The second kappa shape index (κ2) is 5.48. The number of halogens is 2. The lowest BCUT2D eigenvalue weighted by molar-refractivity contribution is 0.214. The number of nitrogens with two attached hydrogens (primary N) is 1. The van der Waals surface area contributed by atoms with Crippen molar-refractivity contribution in [3.63, 3.8) is 0 Å². The fourth-order valence-electron chi connectivity index (χ4n) is 2.64. The molecule has 20 heavy (non-hydrogen) atoms. The molecule has 6 heteroatoms. The van der Waals surface area contributed by atoms with Gasteiger partial charge in [-0.15, -0.1) is 0 Å². The third-order valence-corrected chi connectivity index (χ3v) is 3.98. The first kappa shape index (κ1) is 15.5. The summed E-state index contributed by atoms with van der Waals surface area (Å²) in [5.74, 6) is 0.206. The number of imidazole rings is 1. The Balaban J connectivity index is 2.44. The van der Waals surface area contributed by atoms with Gasteiger partial charge in [-0.3, -0.25) is 0 Å². The van der Waals surface area contributed by atoms with E-state index in [9.17, 15) is 4.39 Å². The van der Waals surface area contributed by atoms with E-state index in [1.807, 2.05) is 41.3 Å². The van der Waals surface area contributed by atoms with Crippen molar-refractivity contribution in [1.82, 2.24) is 14.5 Å². The van der Waals surface area contributed by atoms with Crippen LogP contribution in [0.5, 0.6) is 0 Å². The molecule has 2 N–H and O–H groups in total. The Morgan fingerprint density at radius 1 is 1.40 bits per heavy atom. The first-order valence-corrected chi connectivity index (χ1v) is 7.53. The van der Waals surface area contributed by atoms with Gasteiger partial charge in [-0.25, -0.2) is 9.37 Å². The van der Waals surface area contributed by atoms with Crippen LogP contribution in [0, 0.1) is 14.8 Å². The summed E-state index contributed by atoms with van der Waals surface area (Å²) in [5.41, 5.74) is 7.52. The lowest BCUT2D eigenvalue weighted by atomic mass is 9.93. The normalized spacial score (nSPS) is 12.6. The van der Waals surface area contributed by atoms with Gasteiger partial charge in [0.15, 0.2) is 0 Å². The van der Waals surface area contributed by atoms with Crippen LogP contribution >= 0.6 is 22.6 Å². The Labute approximate surface area is 132 Å². The molecule has 1 heterocycles. The van der Waals surface area contributed by atoms with Gasteiger partial charge in [-0.05, 0) is 48.2 Å². The maximum absolute atomic E-state index is 13.8. The third-order valence-electron chi connectivity index (χ3n) is 3.15. The Morgan fingerprint density at radius 3 is 2.65 bits per heavy atom. The molecule has 0 amide bonds. The van der Waals surface area contributed by atoms with Crippen LogP contribution in [0.4, 0.5) is 10.3 Å². The number of nitrogen functional groups attached to an aromatic ring is 1. The van der Waals surface area contributed by atoms with Crippen molar-refractivity contribution in [2.75, 3.05) is 26.4 Å². The van der Waals surface area contributed by atoms with Crippen LogP contribution in [0.1, 0.15) is 13.8 Å². The van der Waals surface area contributed by atoms with Crippen molar-refractivity contribution >= 4 is 39.6 Å². The number of benzene rings is 1. The Kier molecular flexibility index (Phi) is 4.24. The molecule has 2 aromatic rings.